The van der Waals surface area contributed by atoms with Gasteiger partial charge in [0.2, 0.25) is 6.79 Å². The number of benzene rings is 1. The van der Waals surface area contributed by atoms with Crippen LogP contribution in [-0.4, -0.2) is 33.4 Å². The highest BCUT2D eigenvalue weighted by Crippen LogP contribution is 2.56. The van der Waals surface area contributed by atoms with E-state index in [-0.39, 0.29) is 18.3 Å². The van der Waals surface area contributed by atoms with Gasteiger partial charge in [-0.15, -0.1) is 0 Å². The van der Waals surface area contributed by atoms with Gasteiger partial charge in [0.05, 0.1) is 0 Å². The van der Waals surface area contributed by atoms with Crippen LogP contribution in [0.4, 0.5) is 0 Å². The number of aliphatic hydroxyl groups is 2. The van der Waals surface area contributed by atoms with Crippen molar-refractivity contribution in [3.05, 3.63) is 23.8 Å². The second-order valence-electron chi connectivity index (χ2n) is 4.23. The maximum absolute atomic E-state index is 11.4. The molecule has 1 aliphatic rings. The van der Waals surface area contributed by atoms with Crippen LogP contribution in [-0.2, 0) is 19.3 Å². The van der Waals surface area contributed by atoms with Crippen molar-refractivity contribution in [2.45, 2.75) is 10.7 Å². The first-order valence-corrected chi connectivity index (χ1v) is 7.88. The van der Waals surface area contributed by atoms with Crippen LogP contribution in [0.5, 0.6) is 11.5 Å². The normalized spacial score (nSPS) is 19.8. The summed E-state index contributed by atoms with van der Waals surface area (Å²) in [7, 11) is -8.42. The Morgan fingerprint density at radius 2 is 1.73 bits per heavy atom. The molecule has 22 heavy (non-hydrogen) atoms. The molecule has 2 rings (SSSR count). The van der Waals surface area contributed by atoms with Gasteiger partial charge in [-0.05, 0) is 18.2 Å². The topological polar surface area (TPSA) is 176 Å². The molecule has 0 radical (unpaired) electrons. The molecule has 0 aliphatic carbocycles. The van der Waals surface area contributed by atoms with Gasteiger partial charge < -0.3 is 34.6 Å². The average Bonchev–Trinajstić information content (AvgIpc) is 2.91. The summed E-state index contributed by atoms with van der Waals surface area (Å²) >= 11 is 0. The van der Waals surface area contributed by atoms with Crippen molar-refractivity contribution < 1.29 is 48.5 Å². The highest BCUT2D eigenvalue weighted by molar-refractivity contribution is 7.44. The number of aliphatic carboxylic acids is 1. The second-order valence-corrected chi connectivity index (χ2v) is 6.55. The summed E-state index contributed by atoms with van der Waals surface area (Å²) in [6.07, 6.45) is 0. The summed E-state index contributed by atoms with van der Waals surface area (Å²) in [6.45, 7) is -0.195. The largest absolute Gasteiger partial charge is 0.593 e. The molecule has 1 aromatic rings. The lowest BCUT2D eigenvalue weighted by Crippen LogP contribution is -2.55. The van der Waals surface area contributed by atoms with Crippen LogP contribution in [0.15, 0.2) is 18.2 Å². The smallest absolute Gasteiger partial charge is 0.435 e. The van der Waals surface area contributed by atoms with Gasteiger partial charge in [-0.2, -0.15) is 0 Å². The fourth-order valence-corrected chi connectivity index (χ4v) is 3.63. The zero-order chi connectivity index (χ0) is 16.7. The summed E-state index contributed by atoms with van der Waals surface area (Å²) in [5.74, 6) is -2.30. The van der Waals surface area contributed by atoms with Crippen LogP contribution in [0.1, 0.15) is 5.56 Å². The Balaban J connectivity index is 2.70. The van der Waals surface area contributed by atoms with E-state index in [0.29, 0.717) is 0 Å². The van der Waals surface area contributed by atoms with Crippen molar-refractivity contribution >= 4 is 22.0 Å². The first kappa shape index (κ1) is 16.7. The Morgan fingerprint density at radius 3 is 2.23 bits per heavy atom. The number of carboxylic acids is 1. The molecular formula is C10H8O10P2. The first-order chi connectivity index (χ1) is 10.2. The number of hydrogen-bond acceptors (Lipinski definition) is 9. The average molecular weight is 350 g/mol. The molecule has 4 unspecified atom stereocenters. The van der Waals surface area contributed by atoms with Crippen molar-refractivity contribution in [2.24, 2.45) is 0 Å². The predicted molar refractivity (Wildman–Crippen MR) is 64.3 cm³/mol. The molecule has 0 fully saturated rings. The maximum Gasteiger partial charge on any atom is 0.435 e. The SMILES string of the molecule is O=C(O)C(O)([P+](=O)[O-])C(O)(c1ccc2c(c1)OCO2)[P+](=O)[O-]. The Hall–Kier alpha value is -1.67. The van der Waals surface area contributed by atoms with Crippen molar-refractivity contribution in [3.8, 4) is 11.5 Å². The quantitative estimate of drug-likeness (QED) is 0.532. The number of carbonyl (C=O) groups is 1. The van der Waals surface area contributed by atoms with E-state index in [9.17, 15) is 33.9 Å². The van der Waals surface area contributed by atoms with Crippen molar-refractivity contribution in [3.63, 3.8) is 0 Å². The molecule has 0 spiro atoms. The molecule has 3 N–H and O–H groups in total. The molecule has 118 valence electrons. The minimum absolute atomic E-state index is 0.0401. The molecule has 1 aliphatic heterocycles. The van der Waals surface area contributed by atoms with Gasteiger partial charge in [0.25, 0.3) is 0 Å². The van der Waals surface area contributed by atoms with E-state index in [0.717, 1.165) is 18.2 Å². The van der Waals surface area contributed by atoms with Gasteiger partial charge in [-0.1, -0.05) is 9.13 Å². The molecular weight excluding hydrogens is 342 g/mol. The van der Waals surface area contributed by atoms with Crippen molar-refractivity contribution in [2.75, 3.05) is 6.79 Å². The molecule has 12 heteroatoms. The van der Waals surface area contributed by atoms with Crippen LogP contribution < -0.4 is 19.3 Å². The minimum Gasteiger partial charge on any atom is -0.593 e. The van der Waals surface area contributed by atoms with Crippen molar-refractivity contribution in [1.29, 1.82) is 0 Å². The van der Waals surface area contributed by atoms with Crippen LogP contribution in [0.25, 0.3) is 0 Å². The predicted octanol–water partition coefficient (Wildman–Crippen LogP) is -1.46. The first-order valence-electron chi connectivity index (χ1n) is 5.53. The lowest BCUT2D eigenvalue weighted by atomic mass is 10.0. The highest BCUT2D eigenvalue weighted by Gasteiger charge is 2.76. The highest BCUT2D eigenvalue weighted by atomic mass is 31.1. The monoisotopic (exact) mass is 350 g/mol. The summed E-state index contributed by atoms with van der Waals surface area (Å²) in [5.41, 5.74) is -0.697. The van der Waals surface area contributed by atoms with Gasteiger partial charge >= 0.3 is 32.7 Å². The molecule has 0 aromatic heterocycles. The molecule has 0 bridgehead atoms. The number of ether oxygens (including phenoxy) is 2. The Labute approximate surface area is 124 Å². The fourth-order valence-electron chi connectivity index (χ4n) is 1.90. The minimum atomic E-state index is -4.29. The number of rotatable bonds is 5. The summed E-state index contributed by atoms with van der Waals surface area (Å²) < 4.78 is 32.4. The van der Waals surface area contributed by atoms with E-state index in [4.69, 9.17) is 14.6 Å². The van der Waals surface area contributed by atoms with E-state index < -0.39 is 38.3 Å². The zero-order valence-corrected chi connectivity index (χ0v) is 12.3. The third-order valence-corrected chi connectivity index (χ3v) is 5.42. The van der Waals surface area contributed by atoms with Gasteiger partial charge in [-0.25, -0.2) is 4.79 Å². The summed E-state index contributed by atoms with van der Waals surface area (Å²) in [6, 6.07) is 2.92. The number of hydrogen-bond donors (Lipinski definition) is 3. The van der Waals surface area contributed by atoms with E-state index in [1.165, 1.54) is 0 Å². The molecule has 1 aromatic carbocycles. The fraction of sp³-hybridized carbons (Fsp3) is 0.300. The number of fused-ring (bicyclic) bond motifs is 1. The summed E-state index contributed by atoms with van der Waals surface area (Å²) in [4.78, 5) is 33.6. The molecule has 0 saturated heterocycles. The van der Waals surface area contributed by atoms with E-state index >= 15 is 0 Å². The lowest BCUT2D eigenvalue weighted by Gasteiger charge is -2.26. The van der Waals surface area contributed by atoms with Gasteiger partial charge in [0.15, 0.2) is 11.5 Å². The summed E-state index contributed by atoms with van der Waals surface area (Å²) in [5, 5.41) is 21.4. The van der Waals surface area contributed by atoms with E-state index in [2.05, 4.69) is 0 Å². The third-order valence-electron chi connectivity index (χ3n) is 3.09. The molecule has 1 heterocycles. The van der Waals surface area contributed by atoms with Crippen LogP contribution in [0, 0.1) is 0 Å². The van der Waals surface area contributed by atoms with Crippen molar-refractivity contribution in [1.82, 2.24) is 0 Å². The Morgan fingerprint density at radius 1 is 1.14 bits per heavy atom. The van der Waals surface area contributed by atoms with Gasteiger partial charge in [0, 0.05) is 5.56 Å². The maximum atomic E-state index is 11.4. The van der Waals surface area contributed by atoms with E-state index in [1.807, 2.05) is 0 Å². The van der Waals surface area contributed by atoms with E-state index in [1.54, 1.807) is 0 Å². The zero-order valence-electron chi connectivity index (χ0n) is 10.5. The molecule has 10 nitrogen and oxygen atoms in total. The Kier molecular flexibility index (Phi) is 4.18. The van der Waals surface area contributed by atoms with Crippen LogP contribution in [0.3, 0.4) is 0 Å². The molecule has 4 atom stereocenters. The lowest BCUT2D eigenvalue weighted by molar-refractivity contribution is -0.217. The van der Waals surface area contributed by atoms with Crippen LogP contribution >= 0.6 is 16.1 Å². The Bertz CT molecular complexity index is 660. The van der Waals surface area contributed by atoms with Gasteiger partial charge in [-0.3, -0.25) is 0 Å². The van der Waals surface area contributed by atoms with Gasteiger partial charge in [0.1, 0.15) is 0 Å². The molecule has 0 saturated carbocycles. The standard InChI is InChI=1S/C10H8O10P2/c11-8(12)10(14,22(17)18)9(13,21(15)16)5-1-2-6-7(3-5)20-4-19-6/h1-3,13-14H,4H2,(H,11,12). The third kappa shape index (κ3) is 2.17. The number of carboxylic acid groups (broad SMARTS) is 1. The molecule has 0 amide bonds. The van der Waals surface area contributed by atoms with Crippen LogP contribution in [0.2, 0.25) is 0 Å². The second kappa shape index (κ2) is 5.51.